The fourth-order valence-electron chi connectivity index (χ4n) is 2.93. The zero-order valence-corrected chi connectivity index (χ0v) is 17.5. The first-order valence-corrected chi connectivity index (χ1v) is 10.4. The van der Waals surface area contributed by atoms with Crippen LogP contribution in [0.4, 0.5) is 0 Å². The number of nitrogens with zero attached hydrogens (tertiary/aromatic N) is 2. The van der Waals surface area contributed by atoms with Gasteiger partial charge in [0.1, 0.15) is 0 Å². The Morgan fingerprint density at radius 2 is 1.96 bits per heavy atom. The number of aromatic nitrogens is 2. The molecule has 0 radical (unpaired) electrons. The van der Waals surface area contributed by atoms with Crippen LogP contribution in [-0.4, -0.2) is 27.3 Å². The molecular formula is C22H25N3O2S. The highest BCUT2D eigenvalue weighted by Crippen LogP contribution is 2.23. The zero-order valence-electron chi connectivity index (χ0n) is 16.7. The largest absolute Gasteiger partial charge is 0.353 e. The van der Waals surface area contributed by atoms with E-state index in [4.69, 9.17) is 4.98 Å². The van der Waals surface area contributed by atoms with E-state index in [9.17, 15) is 9.59 Å². The molecule has 3 rings (SSSR count). The summed E-state index contributed by atoms with van der Waals surface area (Å²) in [6.07, 6.45) is 0.873. The topological polar surface area (TPSA) is 64.0 Å². The van der Waals surface area contributed by atoms with Crippen LogP contribution in [0.3, 0.4) is 0 Å². The average molecular weight is 396 g/mol. The minimum absolute atomic E-state index is 0.0609. The van der Waals surface area contributed by atoms with Crippen molar-refractivity contribution in [2.45, 2.75) is 45.3 Å². The average Bonchev–Trinajstić information content (AvgIpc) is 2.68. The van der Waals surface area contributed by atoms with Crippen molar-refractivity contribution in [3.05, 3.63) is 63.9 Å². The predicted octanol–water partition coefficient (Wildman–Crippen LogP) is 4.01. The monoisotopic (exact) mass is 395 g/mol. The summed E-state index contributed by atoms with van der Waals surface area (Å²) in [6.45, 7) is 7.97. The molecular weight excluding hydrogens is 370 g/mol. The Kier molecular flexibility index (Phi) is 6.19. The minimum Gasteiger partial charge on any atom is -0.353 e. The lowest BCUT2D eigenvalue weighted by molar-refractivity contribution is -0.119. The Bertz CT molecular complexity index is 1080. The Morgan fingerprint density at radius 3 is 2.71 bits per heavy atom. The number of amides is 1. The molecule has 1 N–H and O–H groups in total. The van der Waals surface area contributed by atoms with Crippen LogP contribution in [0.2, 0.25) is 0 Å². The first kappa shape index (κ1) is 20.1. The second-order valence-corrected chi connectivity index (χ2v) is 7.95. The van der Waals surface area contributed by atoms with Crippen LogP contribution in [0.25, 0.3) is 16.6 Å². The molecule has 1 atom stereocenters. The first-order chi connectivity index (χ1) is 13.4. The summed E-state index contributed by atoms with van der Waals surface area (Å²) >= 11 is 1.29. The van der Waals surface area contributed by atoms with Crippen LogP contribution < -0.4 is 10.9 Å². The number of thioether (sulfide) groups is 1. The van der Waals surface area contributed by atoms with Crippen molar-refractivity contribution >= 4 is 28.6 Å². The van der Waals surface area contributed by atoms with Crippen molar-refractivity contribution < 1.29 is 4.79 Å². The van der Waals surface area contributed by atoms with Crippen molar-refractivity contribution in [1.29, 1.82) is 0 Å². The number of nitrogens with one attached hydrogen (secondary N) is 1. The Labute approximate surface area is 169 Å². The van der Waals surface area contributed by atoms with Crippen LogP contribution in [0.15, 0.2) is 52.4 Å². The summed E-state index contributed by atoms with van der Waals surface area (Å²) in [7, 11) is 0. The van der Waals surface area contributed by atoms with Gasteiger partial charge in [-0.25, -0.2) is 4.98 Å². The number of aryl methyl sites for hydroxylation is 2. The van der Waals surface area contributed by atoms with E-state index in [1.807, 2.05) is 64.1 Å². The predicted molar refractivity (Wildman–Crippen MR) is 115 cm³/mol. The number of hydrogen-bond donors (Lipinski definition) is 1. The minimum atomic E-state index is -0.121. The molecule has 0 spiro atoms. The van der Waals surface area contributed by atoms with Gasteiger partial charge in [0.25, 0.3) is 5.56 Å². The van der Waals surface area contributed by atoms with Crippen LogP contribution in [0, 0.1) is 13.8 Å². The molecule has 1 amide bonds. The van der Waals surface area contributed by atoms with Crippen LogP contribution in [0.1, 0.15) is 31.4 Å². The van der Waals surface area contributed by atoms with E-state index in [1.165, 1.54) is 11.8 Å². The van der Waals surface area contributed by atoms with Crippen LogP contribution in [-0.2, 0) is 4.79 Å². The third-order valence-electron chi connectivity index (χ3n) is 4.70. The van der Waals surface area contributed by atoms with E-state index in [-0.39, 0.29) is 23.3 Å². The number of fused-ring (bicyclic) bond motifs is 1. The smallest absolute Gasteiger partial charge is 0.266 e. The Balaban J connectivity index is 2.09. The van der Waals surface area contributed by atoms with E-state index < -0.39 is 0 Å². The molecule has 0 aliphatic carbocycles. The second-order valence-electron chi connectivity index (χ2n) is 7.01. The highest BCUT2D eigenvalue weighted by atomic mass is 32.2. The van der Waals surface area contributed by atoms with Gasteiger partial charge in [-0.05, 0) is 56.5 Å². The molecule has 5 nitrogen and oxygen atoms in total. The van der Waals surface area contributed by atoms with Gasteiger partial charge in [-0.2, -0.15) is 0 Å². The number of benzene rings is 2. The van der Waals surface area contributed by atoms with Gasteiger partial charge in [-0.1, -0.05) is 43.0 Å². The SMILES string of the molecule is CC[C@@H](C)NC(=O)CSc1nc2ccccc2c(=O)n1-c1cc(C)ccc1C. The molecule has 6 heteroatoms. The van der Waals surface area contributed by atoms with Gasteiger partial charge in [0.2, 0.25) is 5.91 Å². The van der Waals surface area contributed by atoms with Gasteiger partial charge in [0, 0.05) is 6.04 Å². The van der Waals surface area contributed by atoms with E-state index in [0.717, 1.165) is 23.2 Å². The van der Waals surface area contributed by atoms with Gasteiger partial charge < -0.3 is 5.32 Å². The van der Waals surface area contributed by atoms with E-state index in [1.54, 1.807) is 10.6 Å². The van der Waals surface area contributed by atoms with Gasteiger partial charge in [-0.3, -0.25) is 14.2 Å². The molecule has 0 bridgehead atoms. The molecule has 0 unspecified atom stereocenters. The van der Waals surface area contributed by atoms with Crippen molar-refractivity contribution in [1.82, 2.24) is 14.9 Å². The maximum absolute atomic E-state index is 13.3. The molecule has 0 saturated carbocycles. The molecule has 28 heavy (non-hydrogen) atoms. The Morgan fingerprint density at radius 1 is 1.21 bits per heavy atom. The molecule has 0 aliphatic rings. The maximum Gasteiger partial charge on any atom is 0.266 e. The van der Waals surface area contributed by atoms with E-state index in [0.29, 0.717) is 16.1 Å². The Hall–Kier alpha value is -2.60. The molecule has 146 valence electrons. The standard InChI is InChI=1S/C22H25N3O2S/c1-5-16(4)23-20(26)13-28-22-24-18-9-7-6-8-17(18)21(27)25(22)19-12-14(2)10-11-15(19)3/h6-12,16H,5,13H2,1-4H3,(H,23,26)/t16-/m1/s1. The molecule has 3 aromatic rings. The lowest BCUT2D eigenvalue weighted by Crippen LogP contribution is -2.33. The van der Waals surface area contributed by atoms with Crippen molar-refractivity contribution in [3.8, 4) is 5.69 Å². The number of hydrogen-bond acceptors (Lipinski definition) is 4. The van der Waals surface area contributed by atoms with Crippen molar-refractivity contribution in [2.75, 3.05) is 5.75 Å². The summed E-state index contributed by atoms with van der Waals surface area (Å²) in [5.74, 6) is 0.147. The zero-order chi connectivity index (χ0) is 20.3. The number of para-hydroxylation sites is 1. The third kappa shape index (κ3) is 4.28. The fraction of sp³-hybridized carbons (Fsp3) is 0.318. The number of carbonyl (C=O) groups is 1. The number of carbonyl (C=O) groups excluding carboxylic acids is 1. The van der Waals surface area contributed by atoms with Gasteiger partial charge in [0.15, 0.2) is 5.16 Å². The highest BCUT2D eigenvalue weighted by molar-refractivity contribution is 7.99. The van der Waals surface area contributed by atoms with Gasteiger partial charge >= 0.3 is 0 Å². The quantitative estimate of drug-likeness (QED) is 0.506. The summed E-state index contributed by atoms with van der Waals surface area (Å²) in [6, 6.07) is 13.4. The molecule has 1 heterocycles. The van der Waals surface area contributed by atoms with E-state index in [2.05, 4.69) is 5.32 Å². The highest BCUT2D eigenvalue weighted by Gasteiger charge is 2.16. The lowest BCUT2D eigenvalue weighted by atomic mass is 10.1. The molecule has 1 aromatic heterocycles. The molecule has 2 aromatic carbocycles. The van der Waals surface area contributed by atoms with Crippen LogP contribution in [0.5, 0.6) is 0 Å². The first-order valence-electron chi connectivity index (χ1n) is 9.42. The molecule has 0 fully saturated rings. The summed E-state index contributed by atoms with van der Waals surface area (Å²) < 4.78 is 1.63. The van der Waals surface area contributed by atoms with Crippen molar-refractivity contribution in [3.63, 3.8) is 0 Å². The lowest BCUT2D eigenvalue weighted by Gasteiger charge is -2.16. The van der Waals surface area contributed by atoms with Crippen molar-refractivity contribution in [2.24, 2.45) is 0 Å². The number of rotatable bonds is 6. The van der Waals surface area contributed by atoms with Gasteiger partial charge in [-0.15, -0.1) is 0 Å². The molecule has 0 saturated heterocycles. The summed E-state index contributed by atoms with van der Waals surface area (Å²) in [5.41, 5.74) is 3.36. The molecule has 0 aliphatic heterocycles. The summed E-state index contributed by atoms with van der Waals surface area (Å²) in [5, 5.41) is 4.05. The summed E-state index contributed by atoms with van der Waals surface area (Å²) in [4.78, 5) is 30.2. The maximum atomic E-state index is 13.3. The van der Waals surface area contributed by atoms with Crippen LogP contribution >= 0.6 is 11.8 Å². The second kappa shape index (κ2) is 8.61. The normalized spacial score (nSPS) is 12.1. The van der Waals surface area contributed by atoms with Gasteiger partial charge in [0.05, 0.1) is 22.3 Å². The third-order valence-corrected chi connectivity index (χ3v) is 5.64. The van der Waals surface area contributed by atoms with E-state index >= 15 is 0 Å². The fourth-order valence-corrected chi connectivity index (χ4v) is 3.75.